The summed E-state index contributed by atoms with van der Waals surface area (Å²) in [6.45, 7) is 1.76. The van der Waals surface area contributed by atoms with Crippen molar-refractivity contribution < 1.29 is 4.79 Å². The normalized spacial score (nSPS) is 16.6. The molecule has 0 unspecified atom stereocenters. The second kappa shape index (κ2) is 8.88. The Balaban J connectivity index is 0.00000121. The summed E-state index contributed by atoms with van der Waals surface area (Å²) < 4.78 is 0. The largest absolute Gasteiger partial charge is 0.351 e. The number of para-hydroxylation sites is 2. The quantitative estimate of drug-likeness (QED) is 0.894. The van der Waals surface area contributed by atoms with Gasteiger partial charge in [-0.05, 0) is 37.9 Å². The number of amides is 1. The molecule has 0 aliphatic carbocycles. The number of benzene rings is 1. The van der Waals surface area contributed by atoms with Crippen molar-refractivity contribution in [1.29, 1.82) is 0 Å². The van der Waals surface area contributed by atoms with Gasteiger partial charge in [0, 0.05) is 12.6 Å². The number of carbonyl (C=O) groups excluding carboxylic acids is 1. The number of carbonyl (C=O) groups is 1. The molecule has 0 saturated carbocycles. The number of nitrogens with zero attached hydrogens (tertiary/aromatic N) is 2. The van der Waals surface area contributed by atoms with E-state index < -0.39 is 0 Å². The number of fused-ring (bicyclic) bond motifs is 1. The van der Waals surface area contributed by atoms with E-state index in [1.807, 2.05) is 24.3 Å². The van der Waals surface area contributed by atoms with Gasteiger partial charge in [-0.1, -0.05) is 12.1 Å². The van der Waals surface area contributed by atoms with Crippen LogP contribution < -0.4 is 10.6 Å². The highest BCUT2D eigenvalue weighted by atomic mass is 35.5. The van der Waals surface area contributed by atoms with Crippen LogP contribution in [0.1, 0.15) is 29.8 Å². The Hall–Kier alpha value is -1.43. The highest BCUT2D eigenvalue weighted by molar-refractivity contribution is 5.93. The van der Waals surface area contributed by atoms with E-state index in [4.69, 9.17) is 0 Å². The van der Waals surface area contributed by atoms with E-state index in [0.29, 0.717) is 18.3 Å². The topological polar surface area (TPSA) is 66.9 Å². The molecule has 1 atom stereocenters. The highest BCUT2D eigenvalue weighted by Gasteiger charge is 2.14. The Morgan fingerprint density at radius 2 is 2.05 bits per heavy atom. The summed E-state index contributed by atoms with van der Waals surface area (Å²) >= 11 is 0. The maximum atomic E-state index is 12.0. The molecule has 2 aromatic rings. The predicted octanol–water partition coefficient (Wildman–Crippen LogP) is 2.35. The van der Waals surface area contributed by atoms with E-state index in [0.717, 1.165) is 24.0 Å². The molecule has 7 heteroatoms. The van der Waals surface area contributed by atoms with Crippen molar-refractivity contribution >= 4 is 41.8 Å². The second-order valence-electron chi connectivity index (χ2n) is 5.08. The maximum absolute atomic E-state index is 12.0. The molecule has 1 aliphatic heterocycles. The van der Waals surface area contributed by atoms with E-state index in [1.165, 1.54) is 19.0 Å². The van der Waals surface area contributed by atoms with Crippen LogP contribution in [-0.2, 0) is 0 Å². The Morgan fingerprint density at radius 3 is 2.77 bits per heavy atom. The van der Waals surface area contributed by atoms with Gasteiger partial charge in [0.2, 0.25) is 0 Å². The number of aromatic nitrogens is 2. The third-order valence-corrected chi connectivity index (χ3v) is 3.62. The van der Waals surface area contributed by atoms with E-state index in [-0.39, 0.29) is 30.7 Å². The number of hydrogen-bond acceptors (Lipinski definition) is 4. The van der Waals surface area contributed by atoms with Crippen LogP contribution in [-0.4, -0.2) is 35.0 Å². The molecule has 1 fully saturated rings. The Labute approximate surface area is 142 Å². The minimum absolute atomic E-state index is 0. The second-order valence-corrected chi connectivity index (χ2v) is 5.08. The first kappa shape index (κ1) is 18.6. The monoisotopic (exact) mass is 342 g/mol. The number of hydrogen-bond donors (Lipinski definition) is 2. The molecule has 1 aromatic heterocycles. The molecular formula is C15H20Cl2N4O. The van der Waals surface area contributed by atoms with Crippen molar-refractivity contribution in [1.82, 2.24) is 20.6 Å². The van der Waals surface area contributed by atoms with Crippen LogP contribution in [0.2, 0.25) is 0 Å². The van der Waals surface area contributed by atoms with Gasteiger partial charge in [0.25, 0.3) is 5.91 Å². The fraction of sp³-hybridized carbons (Fsp3) is 0.400. The summed E-state index contributed by atoms with van der Waals surface area (Å²) in [5.74, 6) is -0.152. The molecular weight excluding hydrogens is 323 g/mol. The van der Waals surface area contributed by atoms with E-state index in [9.17, 15) is 4.79 Å². The molecule has 1 saturated heterocycles. The van der Waals surface area contributed by atoms with Crippen LogP contribution in [0, 0.1) is 0 Å². The predicted molar refractivity (Wildman–Crippen MR) is 92.0 cm³/mol. The molecule has 5 nitrogen and oxygen atoms in total. The van der Waals surface area contributed by atoms with Crippen molar-refractivity contribution in [3.05, 3.63) is 36.2 Å². The molecule has 2 heterocycles. The summed E-state index contributed by atoms with van der Waals surface area (Å²) in [6.07, 6.45) is 4.93. The van der Waals surface area contributed by atoms with Crippen LogP contribution >= 0.6 is 24.8 Å². The zero-order valence-corrected chi connectivity index (χ0v) is 13.8. The van der Waals surface area contributed by atoms with Gasteiger partial charge in [-0.3, -0.25) is 9.78 Å². The first-order valence-corrected chi connectivity index (χ1v) is 7.06. The standard InChI is InChI=1S/C15H18N4O.2ClH/c20-15(17-9-7-11-4-3-8-16-11)14-10-18-12-5-1-2-6-13(12)19-14;;/h1-2,5-6,10-11,16H,3-4,7-9H2,(H,17,20);2*1H/t11-;;/m1../s1. The van der Waals surface area contributed by atoms with Crippen molar-refractivity contribution in [2.75, 3.05) is 13.1 Å². The molecule has 0 bridgehead atoms. The van der Waals surface area contributed by atoms with Gasteiger partial charge in [-0.25, -0.2) is 4.98 Å². The first-order valence-electron chi connectivity index (χ1n) is 7.06. The van der Waals surface area contributed by atoms with Gasteiger partial charge in [0.05, 0.1) is 17.2 Å². The lowest BCUT2D eigenvalue weighted by Crippen LogP contribution is -2.31. The summed E-state index contributed by atoms with van der Waals surface area (Å²) in [7, 11) is 0. The third kappa shape index (κ3) is 4.53. The van der Waals surface area contributed by atoms with Crippen LogP contribution in [0.3, 0.4) is 0 Å². The molecule has 1 aliphatic rings. The average Bonchev–Trinajstić information content (AvgIpc) is 3.00. The number of rotatable bonds is 4. The lowest BCUT2D eigenvalue weighted by Gasteiger charge is -2.10. The maximum Gasteiger partial charge on any atom is 0.271 e. The van der Waals surface area contributed by atoms with Crippen molar-refractivity contribution in [2.24, 2.45) is 0 Å². The van der Waals surface area contributed by atoms with E-state index >= 15 is 0 Å². The Kier molecular flexibility index (Phi) is 7.51. The molecule has 1 amide bonds. The molecule has 120 valence electrons. The SMILES string of the molecule is Cl.Cl.O=C(NCC[C@H]1CCCN1)c1cnc2ccccc2n1. The van der Waals surface area contributed by atoms with Gasteiger partial charge in [0.1, 0.15) is 5.69 Å². The van der Waals surface area contributed by atoms with E-state index in [2.05, 4.69) is 20.6 Å². The molecule has 1 aromatic carbocycles. The van der Waals surface area contributed by atoms with Gasteiger partial charge < -0.3 is 10.6 Å². The first-order chi connectivity index (χ1) is 9.83. The van der Waals surface area contributed by atoms with Crippen molar-refractivity contribution in [2.45, 2.75) is 25.3 Å². The summed E-state index contributed by atoms with van der Waals surface area (Å²) in [5.41, 5.74) is 1.93. The van der Waals surface area contributed by atoms with Crippen LogP contribution in [0.25, 0.3) is 11.0 Å². The molecule has 0 radical (unpaired) electrons. The minimum atomic E-state index is -0.152. The average molecular weight is 343 g/mol. The lowest BCUT2D eigenvalue weighted by molar-refractivity contribution is 0.0947. The smallest absolute Gasteiger partial charge is 0.271 e. The fourth-order valence-corrected chi connectivity index (χ4v) is 2.52. The van der Waals surface area contributed by atoms with Gasteiger partial charge in [-0.15, -0.1) is 24.8 Å². The van der Waals surface area contributed by atoms with Crippen molar-refractivity contribution in [3.8, 4) is 0 Å². The summed E-state index contributed by atoms with van der Waals surface area (Å²) in [5, 5.41) is 6.32. The molecule has 0 spiro atoms. The number of nitrogens with one attached hydrogen (secondary N) is 2. The van der Waals surface area contributed by atoms with Gasteiger partial charge in [0.15, 0.2) is 0 Å². The Morgan fingerprint density at radius 1 is 1.27 bits per heavy atom. The fourth-order valence-electron chi connectivity index (χ4n) is 2.52. The van der Waals surface area contributed by atoms with Crippen molar-refractivity contribution in [3.63, 3.8) is 0 Å². The summed E-state index contributed by atoms with van der Waals surface area (Å²) in [6, 6.07) is 8.09. The Bertz CT molecular complexity index is 617. The van der Waals surface area contributed by atoms with E-state index in [1.54, 1.807) is 0 Å². The van der Waals surface area contributed by atoms with Crippen LogP contribution in [0.15, 0.2) is 30.5 Å². The zero-order chi connectivity index (χ0) is 13.8. The summed E-state index contributed by atoms with van der Waals surface area (Å²) in [4.78, 5) is 20.6. The highest BCUT2D eigenvalue weighted by Crippen LogP contribution is 2.09. The third-order valence-electron chi connectivity index (χ3n) is 3.62. The molecule has 2 N–H and O–H groups in total. The van der Waals surface area contributed by atoms with Gasteiger partial charge >= 0.3 is 0 Å². The minimum Gasteiger partial charge on any atom is -0.351 e. The number of halogens is 2. The van der Waals surface area contributed by atoms with Crippen LogP contribution in [0.4, 0.5) is 0 Å². The molecule has 22 heavy (non-hydrogen) atoms. The van der Waals surface area contributed by atoms with Crippen LogP contribution in [0.5, 0.6) is 0 Å². The zero-order valence-electron chi connectivity index (χ0n) is 12.1. The van der Waals surface area contributed by atoms with Gasteiger partial charge in [-0.2, -0.15) is 0 Å². The lowest BCUT2D eigenvalue weighted by atomic mass is 10.1. The molecule has 3 rings (SSSR count).